The molecular formula is C16H21NO3. The lowest BCUT2D eigenvalue weighted by Crippen LogP contribution is -2.47. The fraction of sp³-hybridized carbons (Fsp3) is 0.500. The SMILES string of the molecule is CCCc1ccc(C(=O)N2CCCC[C@@H]2C(=O)O)cc1. The third-order valence-electron chi connectivity index (χ3n) is 3.79. The molecule has 1 aliphatic rings. The molecule has 0 aromatic heterocycles. The van der Waals surface area contributed by atoms with Gasteiger partial charge in [0.05, 0.1) is 0 Å². The Labute approximate surface area is 119 Å². The molecule has 1 atom stereocenters. The Balaban J connectivity index is 2.14. The number of rotatable bonds is 4. The first-order valence-electron chi connectivity index (χ1n) is 7.26. The molecule has 0 unspecified atom stereocenters. The maximum absolute atomic E-state index is 12.4. The van der Waals surface area contributed by atoms with Crippen LogP contribution < -0.4 is 0 Å². The Morgan fingerprint density at radius 3 is 2.55 bits per heavy atom. The summed E-state index contributed by atoms with van der Waals surface area (Å²) >= 11 is 0. The largest absolute Gasteiger partial charge is 0.480 e. The number of nitrogens with zero attached hydrogens (tertiary/aromatic N) is 1. The van der Waals surface area contributed by atoms with Crippen molar-refractivity contribution in [3.8, 4) is 0 Å². The van der Waals surface area contributed by atoms with Crippen LogP contribution in [0.3, 0.4) is 0 Å². The molecule has 1 aliphatic heterocycles. The topological polar surface area (TPSA) is 57.6 Å². The zero-order chi connectivity index (χ0) is 14.5. The van der Waals surface area contributed by atoms with Crippen LogP contribution in [0.4, 0.5) is 0 Å². The molecule has 4 heteroatoms. The summed E-state index contributed by atoms with van der Waals surface area (Å²) < 4.78 is 0. The molecule has 2 rings (SSSR count). The molecule has 108 valence electrons. The van der Waals surface area contributed by atoms with Crippen LogP contribution in [0.15, 0.2) is 24.3 Å². The van der Waals surface area contributed by atoms with E-state index in [0.29, 0.717) is 18.5 Å². The van der Waals surface area contributed by atoms with Gasteiger partial charge in [0.2, 0.25) is 0 Å². The van der Waals surface area contributed by atoms with Crippen molar-refractivity contribution in [1.29, 1.82) is 0 Å². The van der Waals surface area contributed by atoms with Crippen LogP contribution in [-0.2, 0) is 11.2 Å². The number of carboxylic acid groups (broad SMARTS) is 1. The number of likely N-dealkylation sites (tertiary alicyclic amines) is 1. The fourth-order valence-corrected chi connectivity index (χ4v) is 2.70. The predicted octanol–water partition coefficient (Wildman–Crippen LogP) is 2.72. The van der Waals surface area contributed by atoms with E-state index < -0.39 is 12.0 Å². The molecule has 1 aromatic carbocycles. The van der Waals surface area contributed by atoms with Gasteiger partial charge >= 0.3 is 5.97 Å². The van der Waals surface area contributed by atoms with Crippen molar-refractivity contribution in [1.82, 2.24) is 4.90 Å². The highest BCUT2D eigenvalue weighted by molar-refractivity contribution is 5.96. The monoisotopic (exact) mass is 275 g/mol. The van der Waals surface area contributed by atoms with Crippen molar-refractivity contribution in [2.75, 3.05) is 6.54 Å². The van der Waals surface area contributed by atoms with Crippen LogP contribution in [-0.4, -0.2) is 34.5 Å². The van der Waals surface area contributed by atoms with E-state index in [4.69, 9.17) is 0 Å². The van der Waals surface area contributed by atoms with Crippen LogP contribution in [0.25, 0.3) is 0 Å². The Bertz CT molecular complexity index is 481. The first kappa shape index (κ1) is 14.6. The second-order valence-corrected chi connectivity index (χ2v) is 5.30. The third-order valence-corrected chi connectivity index (χ3v) is 3.79. The van der Waals surface area contributed by atoms with E-state index in [-0.39, 0.29) is 5.91 Å². The van der Waals surface area contributed by atoms with Gasteiger partial charge in [-0.3, -0.25) is 4.79 Å². The summed E-state index contributed by atoms with van der Waals surface area (Å²) in [6, 6.07) is 6.85. The number of aliphatic carboxylic acids is 1. The number of aryl methyl sites for hydroxylation is 1. The number of amides is 1. The lowest BCUT2D eigenvalue weighted by atomic mass is 10.00. The summed E-state index contributed by atoms with van der Waals surface area (Å²) in [5.74, 6) is -1.07. The number of hydrogen-bond acceptors (Lipinski definition) is 2. The van der Waals surface area contributed by atoms with E-state index in [1.54, 1.807) is 12.1 Å². The van der Waals surface area contributed by atoms with Crippen molar-refractivity contribution < 1.29 is 14.7 Å². The van der Waals surface area contributed by atoms with Gasteiger partial charge in [-0.15, -0.1) is 0 Å². The quantitative estimate of drug-likeness (QED) is 0.919. The van der Waals surface area contributed by atoms with E-state index in [9.17, 15) is 14.7 Å². The summed E-state index contributed by atoms with van der Waals surface area (Å²) in [6.45, 7) is 2.65. The number of carboxylic acids is 1. The zero-order valence-corrected chi connectivity index (χ0v) is 11.8. The molecule has 1 saturated heterocycles. The van der Waals surface area contributed by atoms with Crippen LogP contribution in [0, 0.1) is 0 Å². The summed E-state index contributed by atoms with van der Waals surface area (Å²) in [5.41, 5.74) is 1.79. The van der Waals surface area contributed by atoms with Gasteiger partial charge in [-0.25, -0.2) is 4.79 Å². The number of carbonyl (C=O) groups is 2. The first-order chi connectivity index (χ1) is 9.63. The molecule has 1 amide bonds. The van der Waals surface area contributed by atoms with Crippen molar-refractivity contribution in [3.63, 3.8) is 0 Å². The summed E-state index contributed by atoms with van der Waals surface area (Å²) in [4.78, 5) is 25.2. The number of carbonyl (C=O) groups excluding carboxylic acids is 1. The molecule has 0 aliphatic carbocycles. The summed E-state index contributed by atoms with van der Waals surface area (Å²) in [6.07, 6.45) is 4.37. The van der Waals surface area contributed by atoms with Crippen molar-refractivity contribution in [2.45, 2.75) is 45.1 Å². The fourth-order valence-electron chi connectivity index (χ4n) is 2.70. The minimum atomic E-state index is -0.902. The molecule has 0 radical (unpaired) electrons. The van der Waals surface area contributed by atoms with Gasteiger partial charge in [0.1, 0.15) is 6.04 Å². The highest BCUT2D eigenvalue weighted by atomic mass is 16.4. The molecule has 1 aromatic rings. The zero-order valence-electron chi connectivity index (χ0n) is 11.8. The van der Waals surface area contributed by atoms with E-state index in [1.165, 1.54) is 10.5 Å². The third kappa shape index (κ3) is 3.18. The smallest absolute Gasteiger partial charge is 0.326 e. The van der Waals surface area contributed by atoms with E-state index in [2.05, 4.69) is 6.92 Å². The van der Waals surface area contributed by atoms with Gasteiger partial charge in [0, 0.05) is 12.1 Å². The minimum Gasteiger partial charge on any atom is -0.480 e. The van der Waals surface area contributed by atoms with Crippen LogP contribution in [0.2, 0.25) is 0 Å². The Morgan fingerprint density at radius 2 is 1.95 bits per heavy atom. The van der Waals surface area contributed by atoms with Crippen molar-refractivity contribution in [2.24, 2.45) is 0 Å². The summed E-state index contributed by atoms with van der Waals surface area (Å²) in [7, 11) is 0. The predicted molar refractivity (Wildman–Crippen MR) is 76.7 cm³/mol. The van der Waals surface area contributed by atoms with Gasteiger partial charge in [-0.1, -0.05) is 25.5 Å². The van der Waals surface area contributed by atoms with E-state index in [1.807, 2.05) is 12.1 Å². The van der Waals surface area contributed by atoms with Gasteiger partial charge < -0.3 is 10.0 Å². The molecule has 1 heterocycles. The molecule has 0 bridgehead atoms. The molecule has 1 N–H and O–H groups in total. The second kappa shape index (κ2) is 6.55. The van der Waals surface area contributed by atoms with E-state index in [0.717, 1.165) is 25.7 Å². The lowest BCUT2D eigenvalue weighted by Gasteiger charge is -2.33. The average Bonchev–Trinajstić information content (AvgIpc) is 2.47. The Hall–Kier alpha value is -1.84. The van der Waals surface area contributed by atoms with Gasteiger partial charge in [0.15, 0.2) is 0 Å². The number of piperidine rings is 1. The lowest BCUT2D eigenvalue weighted by molar-refractivity contribution is -0.143. The van der Waals surface area contributed by atoms with Crippen molar-refractivity contribution >= 4 is 11.9 Å². The standard InChI is InChI=1S/C16H21NO3/c1-2-5-12-7-9-13(10-8-12)15(18)17-11-4-3-6-14(17)16(19)20/h7-10,14H,2-6,11H2,1H3,(H,19,20)/t14-/m1/s1. The summed E-state index contributed by atoms with van der Waals surface area (Å²) in [5, 5.41) is 9.22. The molecule has 1 fully saturated rings. The van der Waals surface area contributed by atoms with Crippen molar-refractivity contribution in [3.05, 3.63) is 35.4 Å². The maximum atomic E-state index is 12.4. The average molecular weight is 275 g/mol. The highest BCUT2D eigenvalue weighted by Crippen LogP contribution is 2.20. The molecule has 20 heavy (non-hydrogen) atoms. The molecular weight excluding hydrogens is 254 g/mol. The number of hydrogen-bond donors (Lipinski definition) is 1. The first-order valence-corrected chi connectivity index (χ1v) is 7.26. The molecule has 0 spiro atoms. The van der Waals surface area contributed by atoms with Crippen LogP contribution in [0.1, 0.15) is 48.5 Å². The number of benzene rings is 1. The Kier molecular flexibility index (Phi) is 4.77. The second-order valence-electron chi connectivity index (χ2n) is 5.30. The van der Waals surface area contributed by atoms with E-state index >= 15 is 0 Å². The maximum Gasteiger partial charge on any atom is 0.326 e. The minimum absolute atomic E-state index is 0.167. The van der Waals surface area contributed by atoms with Gasteiger partial charge in [0.25, 0.3) is 5.91 Å². The highest BCUT2D eigenvalue weighted by Gasteiger charge is 2.32. The normalized spacial score (nSPS) is 18.9. The van der Waals surface area contributed by atoms with Crippen LogP contribution in [0.5, 0.6) is 0 Å². The Morgan fingerprint density at radius 1 is 1.25 bits per heavy atom. The van der Waals surface area contributed by atoms with Gasteiger partial charge in [-0.2, -0.15) is 0 Å². The molecule has 0 saturated carbocycles. The van der Waals surface area contributed by atoms with Crippen LogP contribution >= 0.6 is 0 Å². The molecule has 4 nitrogen and oxygen atoms in total. The van der Waals surface area contributed by atoms with Gasteiger partial charge in [-0.05, 0) is 43.4 Å².